The van der Waals surface area contributed by atoms with Gasteiger partial charge < -0.3 is 14.8 Å². The number of thioether (sulfide) groups is 1. The highest BCUT2D eigenvalue weighted by atomic mass is 32.2. The molecule has 0 fully saturated rings. The molecular formula is C26H23N3O4S. The average molecular weight is 474 g/mol. The Bertz CT molecular complexity index is 1370. The van der Waals surface area contributed by atoms with Gasteiger partial charge in [-0.15, -0.1) is 0 Å². The number of hydrogen-bond acceptors (Lipinski definition) is 6. The molecule has 1 aliphatic rings. The monoisotopic (exact) mass is 473 g/mol. The van der Waals surface area contributed by atoms with Crippen LogP contribution in [-0.4, -0.2) is 40.5 Å². The van der Waals surface area contributed by atoms with Gasteiger partial charge in [-0.25, -0.2) is 4.98 Å². The molecule has 0 bridgehead atoms. The zero-order chi connectivity index (χ0) is 23.3. The Labute approximate surface area is 200 Å². The third kappa shape index (κ3) is 4.92. The van der Waals surface area contributed by atoms with Gasteiger partial charge >= 0.3 is 0 Å². The predicted molar refractivity (Wildman–Crippen MR) is 132 cm³/mol. The number of hydrogen-bond donors (Lipinski definition) is 1. The number of ether oxygens (including phenoxy) is 2. The van der Waals surface area contributed by atoms with Crippen molar-refractivity contribution in [3.8, 4) is 11.5 Å². The van der Waals surface area contributed by atoms with Gasteiger partial charge in [0.25, 0.3) is 5.56 Å². The Morgan fingerprint density at radius 1 is 1.00 bits per heavy atom. The molecule has 1 aliphatic heterocycles. The SMILES string of the molecule is O=C(CSc1nc2ccccc2c(=O)n1Cc1ccccc1)NCC1COc2ccccc2O1. The molecule has 3 aromatic carbocycles. The maximum Gasteiger partial charge on any atom is 0.262 e. The number of amides is 1. The third-order valence-corrected chi connectivity index (χ3v) is 6.41. The minimum Gasteiger partial charge on any atom is -0.486 e. The lowest BCUT2D eigenvalue weighted by Crippen LogP contribution is -2.41. The molecule has 0 spiro atoms. The second-order valence-electron chi connectivity index (χ2n) is 7.88. The Hall–Kier alpha value is -3.78. The summed E-state index contributed by atoms with van der Waals surface area (Å²) in [5, 5.41) is 3.96. The first-order chi connectivity index (χ1) is 16.7. The lowest BCUT2D eigenvalue weighted by Gasteiger charge is -2.26. The molecule has 4 aromatic rings. The van der Waals surface area contributed by atoms with E-state index in [9.17, 15) is 9.59 Å². The molecular weight excluding hydrogens is 450 g/mol. The Morgan fingerprint density at radius 3 is 2.59 bits per heavy atom. The molecule has 1 aromatic heterocycles. The van der Waals surface area contributed by atoms with Gasteiger partial charge in [0, 0.05) is 0 Å². The topological polar surface area (TPSA) is 82.5 Å². The number of carbonyl (C=O) groups excluding carboxylic acids is 1. The Morgan fingerprint density at radius 2 is 1.74 bits per heavy atom. The summed E-state index contributed by atoms with van der Waals surface area (Å²) in [6.07, 6.45) is -0.265. The fraction of sp³-hybridized carbons (Fsp3) is 0.192. The van der Waals surface area contributed by atoms with Gasteiger partial charge in [-0.05, 0) is 29.8 Å². The molecule has 0 saturated heterocycles. The van der Waals surface area contributed by atoms with Crippen molar-refractivity contribution in [2.24, 2.45) is 0 Å². The second kappa shape index (κ2) is 10.0. The molecule has 0 radical (unpaired) electrons. The van der Waals surface area contributed by atoms with Crippen molar-refractivity contribution < 1.29 is 14.3 Å². The maximum atomic E-state index is 13.2. The Balaban J connectivity index is 1.27. The minimum absolute atomic E-state index is 0.121. The third-order valence-electron chi connectivity index (χ3n) is 5.44. The van der Waals surface area contributed by atoms with Crippen molar-refractivity contribution in [2.45, 2.75) is 17.8 Å². The fourth-order valence-electron chi connectivity index (χ4n) is 3.74. The van der Waals surface area contributed by atoms with Gasteiger partial charge in [-0.1, -0.05) is 66.4 Å². The van der Waals surface area contributed by atoms with E-state index in [1.54, 1.807) is 10.6 Å². The molecule has 2 heterocycles. The highest BCUT2D eigenvalue weighted by Crippen LogP contribution is 2.30. The molecule has 8 heteroatoms. The minimum atomic E-state index is -0.265. The number of nitrogens with one attached hydrogen (secondary N) is 1. The van der Waals surface area contributed by atoms with E-state index in [0.717, 1.165) is 5.56 Å². The van der Waals surface area contributed by atoms with Crippen LogP contribution in [0.25, 0.3) is 10.9 Å². The summed E-state index contributed by atoms with van der Waals surface area (Å²) >= 11 is 1.25. The molecule has 172 valence electrons. The molecule has 0 saturated carbocycles. The smallest absolute Gasteiger partial charge is 0.262 e. The number of nitrogens with zero attached hydrogens (tertiary/aromatic N) is 2. The molecule has 7 nitrogen and oxygen atoms in total. The lowest BCUT2D eigenvalue weighted by molar-refractivity contribution is -0.119. The first-order valence-electron chi connectivity index (χ1n) is 11.0. The number of fused-ring (bicyclic) bond motifs is 2. The van der Waals surface area contributed by atoms with Crippen LogP contribution in [0.1, 0.15) is 5.56 Å². The molecule has 1 amide bonds. The van der Waals surface area contributed by atoms with Crippen LogP contribution < -0.4 is 20.3 Å². The van der Waals surface area contributed by atoms with Crippen molar-refractivity contribution in [3.05, 3.63) is 94.8 Å². The fourth-order valence-corrected chi connectivity index (χ4v) is 4.56. The van der Waals surface area contributed by atoms with Gasteiger partial charge in [0.2, 0.25) is 5.91 Å². The van der Waals surface area contributed by atoms with Crippen LogP contribution in [0.3, 0.4) is 0 Å². The number of para-hydroxylation sites is 3. The van der Waals surface area contributed by atoms with Gasteiger partial charge in [0.15, 0.2) is 16.7 Å². The van der Waals surface area contributed by atoms with Crippen molar-refractivity contribution in [2.75, 3.05) is 18.9 Å². The van der Waals surface area contributed by atoms with Crippen molar-refractivity contribution >= 4 is 28.6 Å². The van der Waals surface area contributed by atoms with Crippen molar-refractivity contribution in [3.63, 3.8) is 0 Å². The number of aromatic nitrogens is 2. The summed E-state index contributed by atoms with van der Waals surface area (Å²) in [7, 11) is 0. The molecule has 0 aliphatic carbocycles. The summed E-state index contributed by atoms with van der Waals surface area (Å²) < 4.78 is 13.2. The molecule has 34 heavy (non-hydrogen) atoms. The highest BCUT2D eigenvalue weighted by Gasteiger charge is 2.21. The summed E-state index contributed by atoms with van der Waals surface area (Å²) in [6, 6.07) is 24.5. The van der Waals surface area contributed by atoms with Crippen LogP contribution in [-0.2, 0) is 11.3 Å². The average Bonchev–Trinajstić information content (AvgIpc) is 2.88. The van der Waals surface area contributed by atoms with Gasteiger partial charge in [0.05, 0.1) is 29.7 Å². The highest BCUT2D eigenvalue weighted by molar-refractivity contribution is 7.99. The van der Waals surface area contributed by atoms with E-state index in [2.05, 4.69) is 10.3 Å². The van der Waals surface area contributed by atoms with Gasteiger partial charge in [0.1, 0.15) is 12.7 Å². The van der Waals surface area contributed by atoms with Crippen LogP contribution in [0, 0.1) is 0 Å². The summed E-state index contributed by atoms with van der Waals surface area (Å²) in [6.45, 7) is 1.08. The van der Waals surface area contributed by atoms with E-state index in [0.29, 0.717) is 47.3 Å². The summed E-state index contributed by atoms with van der Waals surface area (Å²) in [4.78, 5) is 30.5. The number of carbonyl (C=O) groups is 1. The molecule has 1 N–H and O–H groups in total. The van der Waals surface area contributed by atoms with E-state index in [1.807, 2.05) is 72.8 Å². The molecule has 1 unspecified atom stereocenters. The van der Waals surface area contributed by atoms with Gasteiger partial charge in [-0.3, -0.25) is 14.2 Å². The van der Waals surface area contributed by atoms with E-state index < -0.39 is 0 Å². The maximum absolute atomic E-state index is 13.2. The lowest BCUT2D eigenvalue weighted by atomic mass is 10.2. The zero-order valence-electron chi connectivity index (χ0n) is 18.3. The van der Waals surface area contributed by atoms with Crippen LogP contribution in [0.15, 0.2) is 88.8 Å². The van der Waals surface area contributed by atoms with Crippen LogP contribution >= 0.6 is 11.8 Å². The Kier molecular flexibility index (Phi) is 6.49. The predicted octanol–water partition coefficient (Wildman–Crippen LogP) is 3.49. The van der Waals surface area contributed by atoms with Gasteiger partial charge in [-0.2, -0.15) is 0 Å². The summed E-state index contributed by atoms with van der Waals surface area (Å²) in [5.41, 5.74) is 1.48. The van der Waals surface area contributed by atoms with E-state index in [4.69, 9.17) is 9.47 Å². The zero-order valence-corrected chi connectivity index (χ0v) is 19.2. The van der Waals surface area contributed by atoms with Crippen LogP contribution in [0.2, 0.25) is 0 Å². The van der Waals surface area contributed by atoms with E-state index in [1.165, 1.54) is 11.8 Å². The first kappa shape index (κ1) is 22.0. The van der Waals surface area contributed by atoms with Crippen LogP contribution in [0.5, 0.6) is 11.5 Å². The summed E-state index contributed by atoms with van der Waals surface area (Å²) in [5.74, 6) is 1.34. The van der Waals surface area contributed by atoms with E-state index in [-0.39, 0.29) is 23.3 Å². The van der Waals surface area contributed by atoms with E-state index >= 15 is 0 Å². The largest absolute Gasteiger partial charge is 0.486 e. The molecule has 1 atom stereocenters. The standard InChI is InChI=1S/C26H23N3O4S/c30-24(27-14-19-16-32-22-12-6-7-13-23(22)33-19)17-34-26-28-21-11-5-4-10-20(21)25(31)29(26)15-18-8-2-1-3-9-18/h1-13,19H,14-17H2,(H,27,30). The normalized spacial score (nSPS) is 14.6. The second-order valence-corrected chi connectivity index (χ2v) is 8.82. The number of benzene rings is 3. The van der Waals surface area contributed by atoms with Crippen molar-refractivity contribution in [1.29, 1.82) is 0 Å². The molecule has 5 rings (SSSR count). The quantitative estimate of drug-likeness (QED) is 0.327. The first-order valence-corrected chi connectivity index (χ1v) is 12.0. The van der Waals surface area contributed by atoms with Crippen LogP contribution in [0.4, 0.5) is 0 Å². The van der Waals surface area contributed by atoms with Crippen molar-refractivity contribution in [1.82, 2.24) is 14.9 Å². The number of rotatable bonds is 7.